The summed E-state index contributed by atoms with van der Waals surface area (Å²) in [4.78, 5) is 17.2. The third-order valence-corrected chi connectivity index (χ3v) is 6.18. The zero-order valence-electron chi connectivity index (χ0n) is 17.2. The van der Waals surface area contributed by atoms with E-state index in [0.717, 1.165) is 30.3 Å². The highest BCUT2D eigenvalue weighted by molar-refractivity contribution is 7.90. The molecular weight excluding hydrogens is 388 g/mol. The minimum absolute atomic E-state index is 0.0121. The van der Waals surface area contributed by atoms with Crippen LogP contribution in [0.15, 0.2) is 53.4 Å². The summed E-state index contributed by atoms with van der Waals surface area (Å²) in [6, 6.07) is 14.3. The molecule has 1 aliphatic heterocycles. The molecule has 1 amide bonds. The largest absolute Gasteiger partial charge is 0.378 e. The lowest BCUT2D eigenvalue weighted by Gasteiger charge is -2.26. The molecule has 0 N–H and O–H groups in total. The smallest absolute Gasteiger partial charge is 0.254 e. The van der Waals surface area contributed by atoms with Gasteiger partial charge in [0, 0.05) is 51.3 Å². The first-order valence-electron chi connectivity index (χ1n) is 9.71. The highest BCUT2D eigenvalue weighted by Crippen LogP contribution is 2.20. The van der Waals surface area contributed by atoms with Gasteiger partial charge in [0.05, 0.1) is 11.0 Å². The average Bonchev–Trinajstić information content (AvgIpc) is 3.20. The molecular formula is C22H28N2O4S. The summed E-state index contributed by atoms with van der Waals surface area (Å²) in [6.45, 7) is 1.64. The van der Waals surface area contributed by atoms with E-state index in [4.69, 9.17) is 4.74 Å². The minimum atomic E-state index is -3.38. The summed E-state index contributed by atoms with van der Waals surface area (Å²) in [5, 5.41) is 0. The molecule has 2 aromatic carbocycles. The van der Waals surface area contributed by atoms with Crippen LogP contribution in [-0.2, 0) is 21.1 Å². The molecule has 3 rings (SSSR count). The predicted molar refractivity (Wildman–Crippen MR) is 114 cm³/mol. The average molecular weight is 417 g/mol. The molecule has 1 atom stereocenters. The van der Waals surface area contributed by atoms with Gasteiger partial charge in [0.2, 0.25) is 0 Å². The van der Waals surface area contributed by atoms with Crippen molar-refractivity contribution in [2.75, 3.05) is 38.4 Å². The number of nitrogens with zero attached hydrogens (tertiary/aromatic N) is 2. The van der Waals surface area contributed by atoms with Crippen LogP contribution >= 0.6 is 0 Å². The molecule has 0 saturated carbocycles. The van der Waals surface area contributed by atoms with Crippen molar-refractivity contribution in [1.82, 2.24) is 4.90 Å². The van der Waals surface area contributed by atoms with Crippen molar-refractivity contribution in [3.63, 3.8) is 0 Å². The fourth-order valence-electron chi connectivity index (χ4n) is 3.42. The van der Waals surface area contributed by atoms with Crippen molar-refractivity contribution in [3.8, 4) is 0 Å². The Bertz CT molecular complexity index is 949. The predicted octanol–water partition coefficient (Wildman–Crippen LogP) is 2.98. The first-order valence-corrected chi connectivity index (χ1v) is 11.6. The molecule has 0 unspecified atom stereocenters. The molecule has 156 valence electrons. The molecule has 0 radical (unpaired) electrons. The maximum absolute atomic E-state index is 13.3. The van der Waals surface area contributed by atoms with E-state index >= 15 is 0 Å². The number of hydrogen-bond donors (Lipinski definition) is 0. The van der Waals surface area contributed by atoms with E-state index < -0.39 is 9.84 Å². The second kappa shape index (κ2) is 8.97. The number of rotatable bonds is 7. The maximum Gasteiger partial charge on any atom is 0.254 e. The van der Waals surface area contributed by atoms with Crippen LogP contribution in [0.25, 0.3) is 0 Å². The summed E-state index contributed by atoms with van der Waals surface area (Å²) < 4.78 is 29.5. The molecule has 0 spiro atoms. The van der Waals surface area contributed by atoms with Gasteiger partial charge < -0.3 is 14.5 Å². The molecule has 0 bridgehead atoms. The number of benzene rings is 2. The molecule has 1 aliphatic rings. The monoisotopic (exact) mass is 416 g/mol. The first-order chi connectivity index (χ1) is 13.7. The van der Waals surface area contributed by atoms with Crippen LogP contribution in [0, 0.1) is 0 Å². The van der Waals surface area contributed by atoms with Crippen molar-refractivity contribution < 1.29 is 17.9 Å². The Labute approximate surface area is 173 Å². The van der Waals surface area contributed by atoms with E-state index in [1.54, 1.807) is 17.0 Å². The van der Waals surface area contributed by atoms with Crippen LogP contribution in [0.4, 0.5) is 5.69 Å². The van der Waals surface area contributed by atoms with Gasteiger partial charge in [-0.15, -0.1) is 0 Å². The summed E-state index contributed by atoms with van der Waals surface area (Å²) in [6.07, 6.45) is 3.08. The molecule has 1 fully saturated rings. The van der Waals surface area contributed by atoms with Gasteiger partial charge in [-0.05, 0) is 48.7 Å². The third kappa shape index (κ3) is 5.58. The Morgan fingerprint density at radius 1 is 1.14 bits per heavy atom. The number of anilines is 1. The van der Waals surface area contributed by atoms with Crippen molar-refractivity contribution in [2.45, 2.75) is 30.4 Å². The maximum atomic E-state index is 13.3. The lowest BCUT2D eigenvalue weighted by atomic mass is 10.1. The standard InChI is InChI=1S/C22H28N2O4S/c1-23(2)19-11-9-17(10-12-19)15-24(16-20-7-5-13-28-20)22(25)18-6-4-8-21(14-18)29(3,26)27/h4,6,8-12,14,20H,5,7,13,15-16H2,1-3H3/t20-/m0/s1. The fourth-order valence-corrected chi connectivity index (χ4v) is 4.08. The lowest BCUT2D eigenvalue weighted by molar-refractivity contribution is 0.0507. The fraction of sp³-hybridized carbons (Fsp3) is 0.409. The minimum Gasteiger partial charge on any atom is -0.378 e. The molecule has 1 saturated heterocycles. The first kappa shape index (κ1) is 21.3. The van der Waals surface area contributed by atoms with Gasteiger partial charge >= 0.3 is 0 Å². The number of carbonyl (C=O) groups excluding carboxylic acids is 1. The van der Waals surface area contributed by atoms with Crippen LogP contribution in [0.3, 0.4) is 0 Å². The molecule has 1 heterocycles. The van der Waals surface area contributed by atoms with E-state index in [1.807, 2.05) is 43.3 Å². The van der Waals surface area contributed by atoms with E-state index in [9.17, 15) is 13.2 Å². The molecule has 7 heteroatoms. The van der Waals surface area contributed by atoms with Gasteiger partial charge in [0.15, 0.2) is 9.84 Å². The summed E-state index contributed by atoms with van der Waals surface area (Å²) >= 11 is 0. The number of amides is 1. The van der Waals surface area contributed by atoms with E-state index in [1.165, 1.54) is 12.1 Å². The summed E-state index contributed by atoms with van der Waals surface area (Å²) in [7, 11) is 0.588. The highest BCUT2D eigenvalue weighted by atomic mass is 32.2. The lowest BCUT2D eigenvalue weighted by Crippen LogP contribution is -2.37. The Morgan fingerprint density at radius 3 is 2.45 bits per heavy atom. The Hall–Kier alpha value is -2.38. The second-order valence-corrected chi connectivity index (χ2v) is 9.70. The third-order valence-electron chi connectivity index (χ3n) is 5.07. The van der Waals surface area contributed by atoms with Crippen LogP contribution < -0.4 is 4.90 Å². The van der Waals surface area contributed by atoms with Crippen LogP contribution in [0.5, 0.6) is 0 Å². The molecule has 0 aliphatic carbocycles. The quantitative estimate of drug-likeness (QED) is 0.694. The van der Waals surface area contributed by atoms with Crippen LogP contribution in [-0.4, -0.2) is 58.8 Å². The molecule has 29 heavy (non-hydrogen) atoms. The molecule has 2 aromatic rings. The van der Waals surface area contributed by atoms with Crippen molar-refractivity contribution in [3.05, 3.63) is 59.7 Å². The normalized spacial score (nSPS) is 16.6. The topological polar surface area (TPSA) is 66.9 Å². The van der Waals surface area contributed by atoms with Gasteiger partial charge in [0.25, 0.3) is 5.91 Å². The van der Waals surface area contributed by atoms with E-state index in [-0.39, 0.29) is 16.9 Å². The highest BCUT2D eigenvalue weighted by Gasteiger charge is 2.24. The number of ether oxygens (including phenoxy) is 1. The van der Waals surface area contributed by atoms with Crippen LogP contribution in [0.2, 0.25) is 0 Å². The van der Waals surface area contributed by atoms with Gasteiger partial charge in [0.1, 0.15) is 0 Å². The zero-order chi connectivity index (χ0) is 21.0. The van der Waals surface area contributed by atoms with E-state index in [0.29, 0.717) is 25.3 Å². The van der Waals surface area contributed by atoms with Gasteiger partial charge in [-0.1, -0.05) is 18.2 Å². The van der Waals surface area contributed by atoms with Crippen molar-refractivity contribution in [1.29, 1.82) is 0 Å². The Balaban J connectivity index is 1.85. The summed E-state index contributed by atoms with van der Waals surface area (Å²) in [5.41, 5.74) is 2.48. The van der Waals surface area contributed by atoms with Crippen LogP contribution in [0.1, 0.15) is 28.8 Å². The zero-order valence-corrected chi connectivity index (χ0v) is 18.0. The Kier molecular flexibility index (Phi) is 6.59. The van der Waals surface area contributed by atoms with Gasteiger partial charge in [-0.2, -0.15) is 0 Å². The number of carbonyl (C=O) groups is 1. The summed E-state index contributed by atoms with van der Waals surface area (Å²) in [5.74, 6) is -0.192. The van der Waals surface area contributed by atoms with Crippen molar-refractivity contribution in [2.24, 2.45) is 0 Å². The van der Waals surface area contributed by atoms with Gasteiger partial charge in [-0.3, -0.25) is 4.79 Å². The number of sulfone groups is 1. The molecule has 0 aromatic heterocycles. The van der Waals surface area contributed by atoms with E-state index in [2.05, 4.69) is 0 Å². The Morgan fingerprint density at radius 2 is 1.86 bits per heavy atom. The molecule has 6 nitrogen and oxygen atoms in total. The number of hydrogen-bond acceptors (Lipinski definition) is 5. The van der Waals surface area contributed by atoms with Gasteiger partial charge in [-0.25, -0.2) is 8.42 Å². The second-order valence-electron chi connectivity index (χ2n) is 7.68. The SMILES string of the molecule is CN(C)c1ccc(CN(C[C@@H]2CCCO2)C(=O)c2cccc(S(C)(=O)=O)c2)cc1. The van der Waals surface area contributed by atoms with Crippen molar-refractivity contribution >= 4 is 21.4 Å².